The van der Waals surface area contributed by atoms with Crippen LogP contribution in [0.25, 0.3) is 0 Å². The fraction of sp³-hybridized carbons (Fsp3) is 0.364. The molecule has 4 rings (SSSR count). The van der Waals surface area contributed by atoms with E-state index in [2.05, 4.69) is 0 Å². The van der Waals surface area contributed by atoms with Gasteiger partial charge in [0.25, 0.3) is 6.29 Å². The average Bonchev–Trinajstić information content (AvgIpc) is 3.13. The SMILES string of the molecule is CSc1c(F)c(F)c(Oc2ccc(I)cc2C(=O)OC2OC(=O)C3CC2CC3C)c(F)c1F. The highest BCUT2D eigenvalue weighted by atomic mass is 127. The molecule has 1 heterocycles. The van der Waals surface area contributed by atoms with Crippen LogP contribution in [0.5, 0.6) is 11.5 Å². The third kappa shape index (κ3) is 4.41. The zero-order valence-electron chi connectivity index (χ0n) is 17.3. The van der Waals surface area contributed by atoms with Crippen LogP contribution < -0.4 is 4.74 Å². The van der Waals surface area contributed by atoms with Crippen molar-refractivity contribution in [3.05, 3.63) is 50.6 Å². The number of fused-ring (bicyclic) bond motifs is 2. The molecule has 176 valence electrons. The maximum absolute atomic E-state index is 14.4. The molecule has 4 atom stereocenters. The first-order valence-corrected chi connectivity index (χ1v) is 12.2. The predicted molar refractivity (Wildman–Crippen MR) is 118 cm³/mol. The lowest BCUT2D eigenvalue weighted by atomic mass is 9.98. The van der Waals surface area contributed by atoms with Gasteiger partial charge in [-0.1, -0.05) is 6.92 Å². The second-order valence-electron chi connectivity index (χ2n) is 7.89. The number of carbonyl (C=O) groups is 2. The number of cyclic esters (lactones) is 1. The smallest absolute Gasteiger partial charge is 0.345 e. The van der Waals surface area contributed by atoms with Crippen molar-refractivity contribution < 1.29 is 41.4 Å². The van der Waals surface area contributed by atoms with Gasteiger partial charge in [-0.2, -0.15) is 8.78 Å². The van der Waals surface area contributed by atoms with Gasteiger partial charge >= 0.3 is 11.9 Å². The molecule has 0 radical (unpaired) electrons. The molecular weight excluding hydrogens is 579 g/mol. The molecule has 5 nitrogen and oxygen atoms in total. The summed E-state index contributed by atoms with van der Waals surface area (Å²) in [5.74, 6) is -10.1. The van der Waals surface area contributed by atoms with Gasteiger partial charge < -0.3 is 14.2 Å². The van der Waals surface area contributed by atoms with E-state index in [9.17, 15) is 27.2 Å². The van der Waals surface area contributed by atoms with Crippen molar-refractivity contribution in [1.29, 1.82) is 0 Å². The molecule has 4 unspecified atom stereocenters. The Bertz CT molecular complexity index is 1120. The van der Waals surface area contributed by atoms with Crippen molar-refractivity contribution in [3.8, 4) is 11.5 Å². The molecule has 11 heteroatoms. The Labute approximate surface area is 204 Å². The highest BCUT2D eigenvalue weighted by molar-refractivity contribution is 14.1. The summed E-state index contributed by atoms with van der Waals surface area (Å²) in [5, 5.41) is 0. The fourth-order valence-electron chi connectivity index (χ4n) is 4.16. The number of benzene rings is 2. The summed E-state index contributed by atoms with van der Waals surface area (Å²) in [6, 6.07) is 4.01. The first-order valence-electron chi connectivity index (χ1n) is 9.91. The first kappa shape index (κ1) is 24.1. The zero-order valence-corrected chi connectivity index (χ0v) is 20.3. The van der Waals surface area contributed by atoms with Gasteiger partial charge in [-0.3, -0.25) is 4.79 Å². The topological polar surface area (TPSA) is 61.8 Å². The Hall–Kier alpha value is -2.02. The molecule has 2 aliphatic rings. The molecule has 1 saturated heterocycles. The highest BCUT2D eigenvalue weighted by Crippen LogP contribution is 2.44. The van der Waals surface area contributed by atoms with Crippen LogP contribution in [-0.2, 0) is 14.3 Å². The average molecular weight is 596 g/mol. The summed E-state index contributed by atoms with van der Waals surface area (Å²) < 4.78 is 73.6. The van der Waals surface area contributed by atoms with Crippen LogP contribution in [0.15, 0.2) is 23.1 Å². The molecule has 2 aromatic carbocycles. The van der Waals surface area contributed by atoms with Crippen molar-refractivity contribution >= 4 is 46.3 Å². The Morgan fingerprint density at radius 3 is 2.42 bits per heavy atom. The van der Waals surface area contributed by atoms with Crippen LogP contribution >= 0.6 is 34.4 Å². The second kappa shape index (κ2) is 9.32. The molecule has 1 aliphatic heterocycles. The largest absolute Gasteiger partial charge is 0.450 e. The van der Waals surface area contributed by atoms with E-state index in [0.717, 1.165) is 0 Å². The molecule has 2 fully saturated rings. The number of hydrogen-bond acceptors (Lipinski definition) is 6. The van der Waals surface area contributed by atoms with Gasteiger partial charge in [0, 0.05) is 9.49 Å². The van der Waals surface area contributed by atoms with E-state index in [1.54, 1.807) is 0 Å². The lowest BCUT2D eigenvalue weighted by Crippen LogP contribution is -2.36. The van der Waals surface area contributed by atoms with E-state index in [1.807, 2.05) is 29.5 Å². The van der Waals surface area contributed by atoms with E-state index in [1.165, 1.54) is 24.5 Å². The van der Waals surface area contributed by atoms with Gasteiger partial charge in [0.1, 0.15) is 11.3 Å². The van der Waals surface area contributed by atoms with Gasteiger partial charge in [-0.15, -0.1) is 11.8 Å². The van der Waals surface area contributed by atoms with E-state index in [-0.39, 0.29) is 29.1 Å². The zero-order chi connectivity index (χ0) is 24.0. The maximum atomic E-state index is 14.4. The summed E-state index contributed by atoms with van der Waals surface area (Å²) in [5.41, 5.74) is -0.250. The molecule has 0 aromatic heterocycles. The Morgan fingerprint density at radius 2 is 1.79 bits per heavy atom. The number of thioether (sulfide) groups is 1. The minimum Gasteiger partial charge on any atom is -0.450 e. The first-order chi connectivity index (χ1) is 15.6. The minimum atomic E-state index is -1.73. The van der Waals surface area contributed by atoms with E-state index in [0.29, 0.717) is 28.2 Å². The van der Waals surface area contributed by atoms with Crippen molar-refractivity contribution in [3.63, 3.8) is 0 Å². The molecule has 2 bridgehead atoms. The summed E-state index contributed by atoms with van der Waals surface area (Å²) in [4.78, 5) is 24.2. The summed E-state index contributed by atoms with van der Waals surface area (Å²) in [6.07, 6.45) is 1.33. The van der Waals surface area contributed by atoms with Gasteiger partial charge in [0.05, 0.1) is 10.8 Å². The molecule has 0 N–H and O–H groups in total. The third-order valence-corrected chi connectivity index (χ3v) is 7.26. The van der Waals surface area contributed by atoms with Gasteiger partial charge in [0.15, 0.2) is 11.6 Å². The van der Waals surface area contributed by atoms with Crippen LogP contribution in [0.1, 0.15) is 30.1 Å². The normalized spacial score (nSPS) is 23.9. The van der Waals surface area contributed by atoms with Crippen LogP contribution in [-0.4, -0.2) is 24.5 Å². The number of carbonyl (C=O) groups excluding carboxylic acids is 2. The molecule has 2 aromatic rings. The number of esters is 2. The minimum absolute atomic E-state index is 0.0998. The number of hydrogen-bond donors (Lipinski definition) is 0. The lowest BCUT2D eigenvalue weighted by Gasteiger charge is -2.28. The van der Waals surface area contributed by atoms with Gasteiger partial charge in [-0.25, -0.2) is 13.6 Å². The lowest BCUT2D eigenvalue weighted by molar-refractivity contribution is -0.190. The Balaban J connectivity index is 1.64. The van der Waals surface area contributed by atoms with Crippen LogP contribution in [0.2, 0.25) is 0 Å². The van der Waals surface area contributed by atoms with E-state index >= 15 is 0 Å². The highest BCUT2D eigenvalue weighted by Gasteiger charge is 2.48. The second-order valence-corrected chi connectivity index (χ2v) is 9.95. The fourth-order valence-corrected chi connectivity index (χ4v) is 5.18. The predicted octanol–water partition coefficient (Wildman–Crippen LogP) is 6.06. The van der Waals surface area contributed by atoms with E-state index in [4.69, 9.17) is 14.2 Å². The number of ether oxygens (including phenoxy) is 3. The summed E-state index contributed by atoms with van der Waals surface area (Å²) in [6.45, 7) is 1.92. The molecule has 33 heavy (non-hydrogen) atoms. The quantitative estimate of drug-likeness (QED) is 0.138. The standard InChI is InChI=1S/C22H17F4IO5S/c1-8-5-9-6-11(8)20(28)31-22(9)32-21(29)12-7-10(27)3-4-13(12)30-18-14(23)16(25)19(33-2)17(26)15(18)24/h3-4,7-9,11,22H,5-6H2,1-2H3. The summed E-state index contributed by atoms with van der Waals surface area (Å²) in [7, 11) is 0. The maximum Gasteiger partial charge on any atom is 0.345 e. The summed E-state index contributed by atoms with van der Waals surface area (Å²) >= 11 is 2.39. The van der Waals surface area contributed by atoms with Crippen LogP contribution in [0.4, 0.5) is 17.6 Å². The number of rotatable bonds is 5. The Morgan fingerprint density at radius 1 is 1.12 bits per heavy atom. The van der Waals surface area contributed by atoms with Crippen molar-refractivity contribution in [2.24, 2.45) is 17.8 Å². The van der Waals surface area contributed by atoms with Gasteiger partial charge in [0.2, 0.25) is 17.4 Å². The molecule has 1 saturated carbocycles. The van der Waals surface area contributed by atoms with E-state index < -0.39 is 52.1 Å². The van der Waals surface area contributed by atoms with Crippen molar-refractivity contribution in [1.82, 2.24) is 0 Å². The Kier molecular flexibility index (Phi) is 6.81. The van der Waals surface area contributed by atoms with Crippen LogP contribution in [0, 0.1) is 44.6 Å². The van der Waals surface area contributed by atoms with Crippen molar-refractivity contribution in [2.75, 3.05) is 6.26 Å². The third-order valence-electron chi connectivity index (χ3n) is 5.82. The molecule has 1 aliphatic carbocycles. The molecule has 0 amide bonds. The van der Waals surface area contributed by atoms with Gasteiger partial charge in [-0.05, 0) is 65.8 Å². The molecular formula is C22H17F4IO5S. The molecule has 0 spiro atoms. The van der Waals surface area contributed by atoms with Crippen molar-refractivity contribution in [2.45, 2.75) is 31.0 Å². The van der Waals surface area contributed by atoms with Crippen LogP contribution in [0.3, 0.4) is 0 Å². The number of halogens is 5. The monoisotopic (exact) mass is 596 g/mol.